The van der Waals surface area contributed by atoms with Crippen LogP contribution >= 0.6 is 23.2 Å². The molecule has 0 aliphatic rings. The summed E-state index contributed by atoms with van der Waals surface area (Å²) in [6.07, 6.45) is -1.22. The molecule has 93 valence electrons. The molecule has 1 radical (unpaired) electrons. The Hall–Kier alpha value is -1.26. The van der Waals surface area contributed by atoms with Crippen LogP contribution in [0.2, 0.25) is 10.0 Å². The second-order valence-electron chi connectivity index (χ2n) is 3.51. The van der Waals surface area contributed by atoms with Crippen molar-refractivity contribution in [2.45, 2.75) is 6.18 Å². The van der Waals surface area contributed by atoms with E-state index >= 15 is 0 Å². The van der Waals surface area contributed by atoms with Crippen molar-refractivity contribution in [3.8, 4) is 11.1 Å². The minimum Gasteiger partial charge on any atom is -0.253 e. The quantitative estimate of drug-likeness (QED) is 0.730. The summed E-state index contributed by atoms with van der Waals surface area (Å²) >= 11 is 11.5. The van der Waals surface area contributed by atoms with Crippen molar-refractivity contribution in [1.82, 2.24) is 4.98 Å². The van der Waals surface area contributed by atoms with E-state index in [-0.39, 0.29) is 10.6 Å². The Kier molecular flexibility index (Phi) is 3.50. The highest BCUT2D eigenvalue weighted by molar-refractivity contribution is 6.42. The number of aromatic nitrogens is 1. The largest absolute Gasteiger partial charge is 0.417 e. The zero-order valence-electron chi connectivity index (χ0n) is 8.72. The maximum absolute atomic E-state index is 12.5. The lowest BCUT2D eigenvalue weighted by Crippen LogP contribution is -2.05. The zero-order chi connectivity index (χ0) is 13.3. The average Bonchev–Trinajstić information content (AvgIpc) is 2.32. The van der Waals surface area contributed by atoms with E-state index in [1.54, 1.807) is 6.07 Å². The molecule has 0 aliphatic carbocycles. The first-order valence-electron chi connectivity index (χ1n) is 4.78. The summed E-state index contributed by atoms with van der Waals surface area (Å²) in [5, 5.41) is 0.598. The highest BCUT2D eigenvalue weighted by atomic mass is 35.5. The highest BCUT2D eigenvalue weighted by Gasteiger charge is 2.31. The molecule has 0 spiro atoms. The van der Waals surface area contributed by atoms with Crippen molar-refractivity contribution in [2.75, 3.05) is 0 Å². The van der Waals surface area contributed by atoms with Crippen molar-refractivity contribution in [2.24, 2.45) is 0 Å². The van der Waals surface area contributed by atoms with Crippen LogP contribution in [0, 0.1) is 6.20 Å². The molecule has 0 aliphatic heterocycles. The molecular formula is C12H5Cl2F3N. The molecule has 0 unspecified atom stereocenters. The number of halogens is 5. The molecule has 2 rings (SSSR count). The third-order valence-electron chi connectivity index (χ3n) is 2.25. The molecular weight excluding hydrogens is 286 g/mol. The van der Waals surface area contributed by atoms with Crippen molar-refractivity contribution in [3.63, 3.8) is 0 Å². The van der Waals surface area contributed by atoms with E-state index in [1.165, 1.54) is 12.1 Å². The Morgan fingerprint density at radius 1 is 1.06 bits per heavy atom. The molecule has 0 saturated carbocycles. The topological polar surface area (TPSA) is 12.9 Å². The van der Waals surface area contributed by atoms with E-state index in [9.17, 15) is 13.2 Å². The lowest BCUT2D eigenvalue weighted by atomic mass is 10.1. The van der Waals surface area contributed by atoms with Crippen molar-refractivity contribution >= 4 is 23.2 Å². The molecule has 0 atom stereocenters. The summed E-state index contributed by atoms with van der Waals surface area (Å²) in [7, 11) is 0. The fourth-order valence-electron chi connectivity index (χ4n) is 1.36. The predicted octanol–water partition coefficient (Wildman–Crippen LogP) is 4.87. The maximum atomic E-state index is 12.5. The molecule has 0 saturated heterocycles. The number of rotatable bonds is 1. The molecule has 6 heteroatoms. The van der Waals surface area contributed by atoms with Gasteiger partial charge in [-0.25, -0.2) is 0 Å². The number of hydrogen-bond donors (Lipinski definition) is 0. The predicted molar refractivity (Wildman–Crippen MR) is 63.5 cm³/mol. The van der Waals surface area contributed by atoms with Gasteiger partial charge in [0.15, 0.2) is 0 Å². The van der Waals surface area contributed by atoms with Crippen molar-refractivity contribution < 1.29 is 13.2 Å². The SMILES string of the molecule is FC(F)(F)c1cn[c]c(-c2ccc(Cl)c(Cl)c2)c1. The smallest absolute Gasteiger partial charge is 0.253 e. The van der Waals surface area contributed by atoms with Crippen LogP contribution in [0.3, 0.4) is 0 Å². The molecule has 1 nitrogen and oxygen atoms in total. The van der Waals surface area contributed by atoms with Crippen LogP contribution in [-0.4, -0.2) is 4.98 Å². The molecule has 1 aromatic carbocycles. The molecule has 2 aromatic rings. The molecule has 18 heavy (non-hydrogen) atoms. The Balaban J connectivity index is 2.48. The first-order chi connectivity index (χ1) is 8.38. The van der Waals surface area contributed by atoms with Crippen LogP contribution < -0.4 is 0 Å². The van der Waals surface area contributed by atoms with Gasteiger partial charge in [-0.3, -0.25) is 4.98 Å². The molecule has 0 fully saturated rings. The third-order valence-corrected chi connectivity index (χ3v) is 2.99. The second-order valence-corrected chi connectivity index (χ2v) is 4.32. The van der Waals surface area contributed by atoms with Crippen molar-refractivity contribution in [1.29, 1.82) is 0 Å². The van der Waals surface area contributed by atoms with E-state index in [0.29, 0.717) is 10.6 Å². The summed E-state index contributed by atoms with van der Waals surface area (Å²) in [4.78, 5) is 3.46. The van der Waals surface area contributed by atoms with Gasteiger partial charge in [0.2, 0.25) is 0 Å². The average molecular weight is 291 g/mol. The minimum absolute atomic E-state index is 0.211. The summed E-state index contributed by atoms with van der Waals surface area (Å²) in [6.45, 7) is 0. The van der Waals surface area contributed by atoms with Gasteiger partial charge in [0, 0.05) is 11.8 Å². The van der Waals surface area contributed by atoms with E-state index in [1.807, 2.05) is 0 Å². The molecule has 0 bridgehead atoms. The van der Waals surface area contributed by atoms with Crippen LogP contribution in [0.4, 0.5) is 13.2 Å². The molecule has 1 heterocycles. The first-order valence-corrected chi connectivity index (χ1v) is 5.54. The van der Waals surface area contributed by atoms with Crippen LogP contribution in [0.1, 0.15) is 5.56 Å². The number of pyridine rings is 1. The summed E-state index contributed by atoms with van der Waals surface area (Å²) in [6, 6.07) is 5.50. The van der Waals surface area contributed by atoms with Gasteiger partial charge >= 0.3 is 6.18 Å². The minimum atomic E-state index is -4.44. The van der Waals surface area contributed by atoms with Gasteiger partial charge in [-0.15, -0.1) is 0 Å². The summed E-state index contributed by atoms with van der Waals surface area (Å²) < 4.78 is 37.6. The monoisotopic (exact) mass is 290 g/mol. The number of alkyl halides is 3. The highest BCUT2D eigenvalue weighted by Crippen LogP contribution is 2.33. The normalized spacial score (nSPS) is 11.6. The number of hydrogen-bond acceptors (Lipinski definition) is 1. The summed E-state index contributed by atoms with van der Waals surface area (Å²) in [5.41, 5.74) is -0.145. The lowest BCUT2D eigenvalue weighted by molar-refractivity contribution is -0.137. The Labute approximate surface area is 111 Å². The maximum Gasteiger partial charge on any atom is 0.417 e. The van der Waals surface area contributed by atoms with Crippen LogP contribution in [0.15, 0.2) is 30.5 Å². The van der Waals surface area contributed by atoms with E-state index in [0.717, 1.165) is 12.3 Å². The fourth-order valence-corrected chi connectivity index (χ4v) is 1.66. The molecule has 0 amide bonds. The van der Waals surface area contributed by atoms with Gasteiger partial charge < -0.3 is 0 Å². The van der Waals surface area contributed by atoms with Gasteiger partial charge in [0.05, 0.1) is 21.8 Å². The number of nitrogens with zero attached hydrogens (tertiary/aromatic N) is 1. The van der Waals surface area contributed by atoms with Crippen LogP contribution in [-0.2, 0) is 6.18 Å². The van der Waals surface area contributed by atoms with Gasteiger partial charge in [0.25, 0.3) is 0 Å². The summed E-state index contributed by atoms with van der Waals surface area (Å²) in [5.74, 6) is 0. The van der Waals surface area contributed by atoms with E-state index < -0.39 is 11.7 Å². The fraction of sp³-hybridized carbons (Fsp3) is 0.0833. The van der Waals surface area contributed by atoms with Gasteiger partial charge in [-0.1, -0.05) is 29.3 Å². The second kappa shape index (κ2) is 4.78. The third kappa shape index (κ3) is 2.76. The Bertz CT molecular complexity index is 582. The van der Waals surface area contributed by atoms with Gasteiger partial charge in [0.1, 0.15) is 0 Å². The Morgan fingerprint density at radius 3 is 2.39 bits per heavy atom. The number of benzene rings is 1. The van der Waals surface area contributed by atoms with E-state index in [2.05, 4.69) is 11.2 Å². The van der Waals surface area contributed by atoms with E-state index in [4.69, 9.17) is 23.2 Å². The zero-order valence-corrected chi connectivity index (χ0v) is 10.2. The van der Waals surface area contributed by atoms with Gasteiger partial charge in [-0.2, -0.15) is 13.2 Å². The first kappa shape index (κ1) is 13.2. The Morgan fingerprint density at radius 2 is 1.78 bits per heavy atom. The van der Waals surface area contributed by atoms with Crippen LogP contribution in [0.25, 0.3) is 11.1 Å². The molecule has 0 N–H and O–H groups in total. The molecule has 1 aromatic heterocycles. The van der Waals surface area contributed by atoms with Gasteiger partial charge in [-0.05, 0) is 23.8 Å². The standard InChI is InChI=1S/C12H5Cl2F3N/c13-10-2-1-7(4-11(10)14)8-3-9(6-18-5-8)12(15,16)17/h1-4,6H. The van der Waals surface area contributed by atoms with Crippen molar-refractivity contribution in [3.05, 3.63) is 52.3 Å². The lowest BCUT2D eigenvalue weighted by Gasteiger charge is -2.08. The van der Waals surface area contributed by atoms with Crippen LogP contribution in [0.5, 0.6) is 0 Å².